The summed E-state index contributed by atoms with van der Waals surface area (Å²) in [6.07, 6.45) is 2.57. The van der Waals surface area contributed by atoms with Gasteiger partial charge < -0.3 is 9.73 Å². The number of nitrogens with two attached hydrogens (primary N) is 1. The summed E-state index contributed by atoms with van der Waals surface area (Å²) in [6, 6.07) is 1.97. The van der Waals surface area contributed by atoms with Crippen molar-refractivity contribution >= 4 is 33.3 Å². The molecule has 0 aliphatic heterocycles. The zero-order valence-corrected chi connectivity index (χ0v) is 11.7. The van der Waals surface area contributed by atoms with Crippen molar-refractivity contribution < 1.29 is 4.42 Å². The third-order valence-electron chi connectivity index (χ3n) is 2.81. The SMILES string of the molecule is CCc1cnc(CNc2nc(NN)nc3sccc23)o1. The van der Waals surface area contributed by atoms with E-state index in [9.17, 15) is 0 Å². The lowest BCUT2D eigenvalue weighted by atomic mass is 10.4. The number of thiophene rings is 1. The Labute approximate surface area is 119 Å². The minimum Gasteiger partial charge on any atom is -0.444 e. The van der Waals surface area contributed by atoms with E-state index in [1.54, 1.807) is 6.20 Å². The Kier molecular flexibility index (Phi) is 3.48. The maximum Gasteiger partial charge on any atom is 0.240 e. The van der Waals surface area contributed by atoms with Crippen LogP contribution in [-0.4, -0.2) is 15.0 Å². The van der Waals surface area contributed by atoms with E-state index in [0.717, 1.165) is 22.4 Å². The normalized spacial score (nSPS) is 10.9. The Morgan fingerprint density at radius 1 is 1.40 bits per heavy atom. The average molecular weight is 290 g/mol. The third kappa shape index (κ3) is 2.43. The molecule has 4 N–H and O–H groups in total. The van der Waals surface area contributed by atoms with Gasteiger partial charge in [0.15, 0.2) is 0 Å². The van der Waals surface area contributed by atoms with Crippen LogP contribution in [-0.2, 0) is 13.0 Å². The molecule has 7 nitrogen and oxygen atoms in total. The van der Waals surface area contributed by atoms with Crippen LogP contribution in [0.1, 0.15) is 18.6 Å². The number of anilines is 2. The lowest BCUT2D eigenvalue weighted by molar-refractivity contribution is 0.465. The van der Waals surface area contributed by atoms with Crippen LogP contribution in [0.25, 0.3) is 10.2 Å². The summed E-state index contributed by atoms with van der Waals surface area (Å²) in [5.41, 5.74) is 2.47. The number of aromatic nitrogens is 3. The van der Waals surface area contributed by atoms with E-state index in [1.165, 1.54) is 11.3 Å². The number of rotatable bonds is 5. The largest absolute Gasteiger partial charge is 0.444 e. The van der Waals surface area contributed by atoms with Crippen molar-refractivity contribution in [1.29, 1.82) is 0 Å². The van der Waals surface area contributed by atoms with Gasteiger partial charge in [0.2, 0.25) is 11.8 Å². The Bertz CT molecular complexity index is 722. The second-order valence-corrected chi connectivity index (χ2v) is 5.00. The van der Waals surface area contributed by atoms with Gasteiger partial charge in [0.25, 0.3) is 0 Å². The van der Waals surface area contributed by atoms with E-state index >= 15 is 0 Å². The quantitative estimate of drug-likeness (QED) is 0.488. The highest BCUT2D eigenvalue weighted by molar-refractivity contribution is 7.16. The minimum absolute atomic E-state index is 0.379. The molecule has 0 fully saturated rings. The van der Waals surface area contributed by atoms with Gasteiger partial charge >= 0.3 is 0 Å². The van der Waals surface area contributed by atoms with E-state index < -0.39 is 0 Å². The van der Waals surface area contributed by atoms with Gasteiger partial charge in [0.05, 0.1) is 18.1 Å². The van der Waals surface area contributed by atoms with E-state index in [-0.39, 0.29) is 0 Å². The minimum atomic E-state index is 0.379. The molecule has 0 amide bonds. The molecular formula is C12H14N6OS. The fourth-order valence-electron chi connectivity index (χ4n) is 1.81. The van der Waals surface area contributed by atoms with Crippen LogP contribution in [0.4, 0.5) is 11.8 Å². The van der Waals surface area contributed by atoms with E-state index in [2.05, 4.69) is 25.7 Å². The van der Waals surface area contributed by atoms with Crippen molar-refractivity contribution in [3.63, 3.8) is 0 Å². The molecule has 0 spiro atoms. The number of nitrogen functional groups attached to an aromatic ring is 1. The number of oxazole rings is 1. The van der Waals surface area contributed by atoms with Gasteiger partial charge in [0.1, 0.15) is 16.4 Å². The molecular weight excluding hydrogens is 276 g/mol. The predicted molar refractivity (Wildman–Crippen MR) is 78.4 cm³/mol. The first kappa shape index (κ1) is 12.8. The molecule has 0 radical (unpaired) electrons. The van der Waals surface area contributed by atoms with Crippen LogP contribution in [0.5, 0.6) is 0 Å². The van der Waals surface area contributed by atoms with Crippen molar-refractivity contribution in [2.24, 2.45) is 5.84 Å². The van der Waals surface area contributed by atoms with Crippen LogP contribution in [0.3, 0.4) is 0 Å². The first-order valence-electron chi connectivity index (χ1n) is 6.19. The summed E-state index contributed by atoms with van der Waals surface area (Å²) >= 11 is 1.53. The number of aryl methyl sites for hydroxylation is 1. The molecule has 3 aromatic rings. The summed E-state index contributed by atoms with van der Waals surface area (Å²) in [7, 11) is 0. The highest BCUT2D eigenvalue weighted by Crippen LogP contribution is 2.26. The Morgan fingerprint density at radius 3 is 3.05 bits per heavy atom. The van der Waals surface area contributed by atoms with Gasteiger partial charge in [-0.25, -0.2) is 15.8 Å². The first-order chi connectivity index (χ1) is 9.80. The number of hydrazine groups is 1. The Morgan fingerprint density at radius 2 is 2.30 bits per heavy atom. The highest BCUT2D eigenvalue weighted by Gasteiger charge is 2.09. The summed E-state index contributed by atoms with van der Waals surface area (Å²) in [6.45, 7) is 2.49. The summed E-state index contributed by atoms with van der Waals surface area (Å²) in [4.78, 5) is 13.7. The van der Waals surface area contributed by atoms with Crippen molar-refractivity contribution in [2.75, 3.05) is 10.7 Å². The molecule has 0 aliphatic rings. The molecule has 0 bridgehead atoms. The maximum absolute atomic E-state index is 5.55. The smallest absolute Gasteiger partial charge is 0.240 e. The zero-order chi connectivity index (χ0) is 13.9. The number of fused-ring (bicyclic) bond motifs is 1. The molecule has 104 valence electrons. The number of hydrogen-bond donors (Lipinski definition) is 3. The van der Waals surface area contributed by atoms with Crippen molar-refractivity contribution in [2.45, 2.75) is 19.9 Å². The molecule has 3 rings (SSSR count). The molecule has 3 aromatic heterocycles. The zero-order valence-electron chi connectivity index (χ0n) is 10.9. The molecule has 8 heteroatoms. The second kappa shape index (κ2) is 5.43. The molecule has 0 aromatic carbocycles. The fraction of sp³-hybridized carbons (Fsp3) is 0.250. The average Bonchev–Trinajstić information content (AvgIpc) is 3.12. The predicted octanol–water partition coefficient (Wildman–Crippen LogP) is 2.14. The lowest BCUT2D eigenvalue weighted by Gasteiger charge is -2.06. The van der Waals surface area contributed by atoms with Crippen LogP contribution < -0.4 is 16.6 Å². The Hall–Kier alpha value is -2.19. The van der Waals surface area contributed by atoms with Crippen LogP contribution >= 0.6 is 11.3 Å². The summed E-state index contributed by atoms with van der Waals surface area (Å²) in [5.74, 6) is 7.97. The van der Waals surface area contributed by atoms with Crippen LogP contribution in [0.15, 0.2) is 22.1 Å². The number of nitrogens with zero attached hydrogens (tertiary/aromatic N) is 3. The monoisotopic (exact) mass is 290 g/mol. The molecule has 0 unspecified atom stereocenters. The Balaban J connectivity index is 1.84. The first-order valence-corrected chi connectivity index (χ1v) is 7.07. The van der Waals surface area contributed by atoms with Gasteiger partial charge in [-0.2, -0.15) is 4.98 Å². The van der Waals surface area contributed by atoms with E-state index in [0.29, 0.717) is 24.2 Å². The second-order valence-electron chi connectivity index (χ2n) is 4.11. The van der Waals surface area contributed by atoms with E-state index in [1.807, 2.05) is 18.4 Å². The van der Waals surface area contributed by atoms with Gasteiger partial charge in [0, 0.05) is 6.42 Å². The summed E-state index contributed by atoms with van der Waals surface area (Å²) < 4.78 is 5.55. The van der Waals surface area contributed by atoms with Crippen LogP contribution in [0, 0.1) is 0 Å². The molecule has 0 atom stereocenters. The van der Waals surface area contributed by atoms with E-state index in [4.69, 9.17) is 10.3 Å². The van der Waals surface area contributed by atoms with Crippen molar-refractivity contribution in [3.8, 4) is 0 Å². The molecule has 0 saturated heterocycles. The van der Waals surface area contributed by atoms with Crippen LogP contribution in [0.2, 0.25) is 0 Å². The van der Waals surface area contributed by atoms with Crippen molar-refractivity contribution in [3.05, 3.63) is 29.3 Å². The highest BCUT2D eigenvalue weighted by atomic mass is 32.1. The molecule has 3 heterocycles. The molecule has 0 saturated carbocycles. The lowest BCUT2D eigenvalue weighted by Crippen LogP contribution is -2.12. The van der Waals surface area contributed by atoms with Gasteiger partial charge in [-0.05, 0) is 11.4 Å². The third-order valence-corrected chi connectivity index (χ3v) is 3.62. The number of nitrogens with one attached hydrogen (secondary N) is 2. The number of hydrogen-bond acceptors (Lipinski definition) is 8. The fourth-order valence-corrected chi connectivity index (χ4v) is 2.57. The van der Waals surface area contributed by atoms with Gasteiger partial charge in [-0.3, -0.25) is 5.43 Å². The molecule has 20 heavy (non-hydrogen) atoms. The summed E-state index contributed by atoms with van der Waals surface area (Å²) in [5, 5.41) is 6.12. The van der Waals surface area contributed by atoms with Gasteiger partial charge in [-0.15, -0.1) is 11.3 Å². The van der Waals surface area contributed by atoms with Gasteiger partial charge in [-0.1, -0.05) is 6.92 Å². The molecule has 0 aliphatic carbocycles. The van der Waals surface area contributed by atoms with Crippen molar-refractivity contribution in [1.82, 2.24) is 15.0 Å². The standard InChI is InChI=1S/C12H14N6OS/c1-2-7-5-14-9(19-7)6-15-10-8-3-4-20-11(8)17-12(16-10)18-13/h3-5H,2,6,13H2,1H3,(H2,15,16,17,18). The maximum atomic E-state index is 5.55. The topological polar surface area (TPSA) is 102 Å².